The fraction of sp³-hybridized carbons (Fsp3) is 0.125. The predicted octanol–water partition coefficient (Wildman–Crippen LogP) is 3.98. The van der Waals surface area contributed by atoms with Gasteiger partial charge in [-0.3, -0.25) is 28.3 Å². The lowest BCUT2D eigenvalue weighted by Crippen LogP contribution is -2.25. The van der Waals surface area contributed by atoms with E-state index in [2.05, 4.69) is 12.1 Å². The van der Waals surface area contributed by atoms with E-state index in [-0.39, 0.29) is 45.8 Å². The Hall–Kier alpha value is -5.60. The van der Waals surface area contributed by atoms with Crippen molar-refractivity contribution in [2.24, 2.45) is 0 Å². The van der Waals surface area contributed by atoms with E-state index in [0.29, 0.717) is 21.5 Å². The van der Waals surface area contributed by atoms with Crippen LogP contribution >= 0.6 is 0 Å². The summed E-state index contributed by atoms with van der Waals surface area (Å²) < 4.78 is 2.29. The number of hydrogen-bond acceptors (Lipinski definition) is 6. The van der Waals surface area contributed by atoms with Crippen molar-refractivity contribution < 1.29 is 0 Å². The number of benzene rings is 4. The highest BCUT2D eigenvalue weighted by molar-refractivity contribution is 6.15. The van der Waals surface area contributed by atoms with E-state index in [0.717, 1.165) is 20.3 Å². The number of nitriles is 2. The maximum Gasteiger partial charge on any atom is 0.261 e. The van der Waals surface area contributed by atoms with Crippen molar-refractivity contribution in [3.63, 3.8) is 0 Å². The highest BCUT2D eigenvalue weighted by Crippen LogP contribution is 2.35. The highest BCUT2D eigenvalue weighted by Gasteiger charge is 2.22. The first-order valence-corrected chi connectivity index (χ1v) is 12.6. The smallest absolute Gasteiger partial charge is 0.261 e. The summed E-state index contributed by atoms with van der Waals surface area (Å²) >= 11 is 0. The maximum atomic E-state index is 13.3. The van der Waals surface area contributed by atoms with E-state index < -0.39 is 22.2 Å². The molecular formula is C32H20N4O4. The van der Waals surface area contributed by atoms with Crippen molar-refractivity contribution in [1.82, 2.24) is 9.13 Å². The van der Waals surface area contributed by atoms with Crippen LogP contribution in [0.1, 0.15) is 30.5 Å². The third-order valence-corrected chi connectivity index (χ3v) is 7.60. The van der Waals surface area contributed by atoms with Crippen LogP contribution in [-0.2, 0) is 13.1 Å². The molecule has 0 atom stereocenters. The molecule has 0 saturated heterocycles. The van der Waals surface area contributed by atoms with Crippen LogP contribution in [0.15, 0.2) is 85.4 Å². The Kier molecular flexibility index (Phi) is 5.57. The Morgan fingerprint density at radius 3 is 1.45 bits per heavy atom. The third kappa shape index (κ3) is 3.44. The minimum atomic E-state index is -0.488. The molecule has 4 aromatic carbocycles. The second-order valence-electron chi connectivity index (χ2n) is 9.87. The standard InChI is InChI=1S/C32H20N4O4/c1-3-17(2)15-35-29(37)23-9-19-20(10-24(23)30(35)38)28(14-34)22-12-26-25(11-21(22)27(19)13-33)31(39)36(32(26)40)16-18-7-5-4-6-8-18/h3-12H,15-16H2,1-2H3/b17-3+. The summed E-state index contributed by atoms with van der Waals surface area (Å²) in [4.78, 5) is 53.0. The van der Waals surface area contributed by atoms with Crippen molar-refractivity contribution in [3.8, 4) is 12.1 Å². The van der Waals surface area contributed by atoms with Gasteiger partial charge in [0.25, 0.3) is 22.2 Å². The quantitative estimate of drug-likeness (QED) is 0.254. The highest BCUT2D eigenvalue weighted by atomic mass is 16.2. The van der Waals surface area contributed by atoms with E-state index in [1.54, 1.807) is 0 Å². The minimum absolute atomic E-state index is 0.0852. The first-order valence-electron chi connectivity index (χ1n) is 12.6. The molecule has 0 radical (unpaired) electrons. The van der Waals surface area contributed by atoms with Crippen LogP contribution in [0.4, 0.5) is 0 Å². The van der Waals surface area contributed by atoms with Crippen LogP contribution < -0.4 is 22.2 Å². The van der Waals surface area contributed by atoms with Gasteiger partial charge in [0.2, 0.25) is 0 Å². The lowest BCUT2D eigenvalue weighted by Gasteiger charge is -2.09. The van der Waals surface area contributed by atoms with Crippen molar-refractivity contribution in [2.75, 3.05) is 0 Å². The fourth-order valence-corrected chi connectivity index (χ4v) is 5.43. The Labute approximate surface area is 226 Å². The second-order valence-corrected chi connectivity index (χ2v) is 9.87. The van der Waals surface area contributed by atoms with Gasteiger partial charge in [0.1, 0.15) is 12.1 Å². The Morgan fingerprint density at radius 2 is 1.07 bits per heavy atom. The number of allylic oxidation sites excluding steroid dienone is 2. The summed E-state index contributed by atoms with van der Waals surface area (Å²) in [6.45, 7) is 3.85. The zero-order valence-electron chi connectivity index (χ0n) is 21.6. The van der Waals surface area contributed by atoms with Gasteiger partial charge < -0.3 is 0 Å². The van der Waals surface area contributed by atoms with Crippen molar-refractivity contribution in [2.45, 2.75) is 26.9 Å². The summed E-state index contributed by atoms with van der Waals surface area (Å²) in [6.07, 6.45) is 1.82. The van der Waals surface area contributed by atoms with E-state index in [9.17, 15) is 29.7 Å². The monoisotopic (exact) mass is 524 g/mol. The maximum absolute atomic E-state index is 13.3. The van der Waals surface area contributed by atoms with E-state index in [1.807, 2.05) is 50.3 Å². The molecule has 8 heteroatoms. The van der Waals surface area contributed by atoms with Gasteiger partial charge in [0, 0.05) is 28.1 Å². The molecule has 2 heterocycles. The predicted molar refractivity (Wildman–Crippen MR) is 154 cm³/mol. The van der Waals surface area contributed by atoms with Gasteiger partial charge in [-0.2, -0.15) is 10.5 Å². The van der Waals surface area contributed by atoms with Gasteiger partial charge in [-0.15, -0.1) is 0 Å². The number of rotatable bonds is 4. The van der Waals surface area contributed by atoms with Crippen molar-refractivity contribution >= 4 is 43.1 Å². The molecule has 2 aromatic heterocycles. The van der Waals surface area contributed by atoms with E-state index >= 15 is 0 Å². The van der Waals surface area contributed by atoms with Crippen LogP contribution in [-0.4, -0.2) is 9.13 Å². The molecule has 6 rings (SSSR count). The number of fused-ring (bicyclic) bond motifs is 4. The van der Waals surface area contributed by atoms with Crippen LogP contribution in [0.5, 0.6) is 0 Å². The van der Waals surface area contributed by atoms with Crippen molar-refractivity contribution in [1.29, 1.82) is 10.5 Å². The zero-order valence-corrected chi connectivity index (χ0v) is 21.6. The summed E-state index contributed by atoms with van der Waals surface area (Å²) in [5.74, 6) is 0. The summed E-state index contributed by atoms with van der Waals surface area (Å²) in [5, 5.41) is 22.3. The Morgan fingerprint density at radius 1 is 0.675 bits per heavy atom. The number of hydrogen-bond donors (Lipinski definition) is 0. The fourth-order valence-electron chi connectivity index (χ4n) is 5.43. The molecule has 8 nitrogen and oxygen atoms in total. The largest absolute Gasteiger partial charge is 0.270 e. The van der Waals surface area contributed by atoms with Crippen LogP contribution in [0.2, 0.25) is 0 Å². The minimum Gasteiger partial charge on any atom is -0.270 e. The van der Waals surface area contributed by atoms with Gasteiger partial charge in [0.15, 0.2) is 0 Å². The van der Waals surface area contributed by atoms with E-state index in [1.165, 1.54) is 24.3 Å². The van der Waals surface area contributed by atoms with Crippen LogP contribution in [0.3, 0.4) is 0 Å². The Bertz CT molecular complexity index is 2250. The molecule has 0 spiro atoms. The molecule has 0 aliphatic rings. The lowest BCUT2D eigenvalue weighted by atomic mass is 9.90. The van der Waals surface area contributed by atoms with Gasteiger partial charge in [-0.25, -0.2) is 0 Å². The van der Waals surface area contributed by atoms with Gasteiger partial charge in [-0.05, 0) is 43.7 Å². The Balaban J connectivity index is 1.72. The number of aromatic nitrogens is 2. The molecule has 0 aliphatic heterocycles. The molecular weight excluding hydrogens is 504 g/mol. The molecule has 0 bridgehead atoms. The third-order valence-electron chi connectivity index (χ3n) is 7.60. The molecule has 40 heavy (non-hydrogen) atoms. The topological polar surface area (TPSA) is 126 Å². The average Bonchev–Trinajstić information content (AvgIpc) is 3.33. The van der Waals surface area contributed by atoms with E-state index in [4.69, 9.17) is 0 Å². The first kappa shape index (κ1) is 24.7. The molecule has 0 N–H and O–H groups in total. The molecule has 0 unspecified atom stereocenters. The van der Waals surface area contributed by atoms with Gasteiger partial charge in [-0.1, -0.05) is 42.0 Å². The molecule has 0 aliphatic carbocycles. The second kappa shape index (κ2) is 9.00. The summed E-state index contributed by atoms with van der Waals surface area (Å²) in [6, 6.07) is 19.4. The van der Waals surface area contributed by atoms with Crippen molar-refractivity contribution in [3.05, 3.63) is 124 Å². The molecule has 0 saturated carbocycles. The summed E-state index contributed by atoms with van der Waals surface area (Å²) in [7, 11) is 0. The molecule has 6 aromatic rings. The lowest BCUT2D eigenvalue weighted by molar-refractivity contribution is 0.741. The molecule has 0 amide bonds. The number of nitrogens with zero attached hydrogens (tertiary/aromatic N) is 4. The van der Waals surface area contributed by atoms with Crippen LogP contribution in [0, 0.1) is 22.7 Å². The zero-order chi connectivity index (χ0) is 28.3. The van der Waals surface area contributed by atoms with Gasteiger partial charge in [0.05, 0.1) is 39.2 Å². The van der Waals surface area contributed by atoms with Crippen LogP contribution in [0.25, 0.3) is 43.1 Å². The normalized spacial score (nSPS) is 11.9. The molecule has 192 valence electrons. The van der Waals surface area contributed by atoms with Gasteiger partial charge >= 0.3 is 0 Å². The molecule has 0 fully saturated rings. The first-order chi connectivity index (χ1) is 19.3. The average molecular weight is 525 g/mol. The SMILES string of the molecule is C/C=C(\C)Cn1c(=O)c2cc3c(C#N)c4cc5c(=O)n(Cc6ccccc6)c(=O)c5cc4c(C#N)c3cc2c1=O. The summed E-state index contributed by atoms with van der Waals surface area (Å²) in [5.41, 5.74) is -0.000283.